The summed E-state index contributed by atoms with van der Waals surface area (Å²) >= 11 is 1.43. The predicted molar refractivity (Wildman–Crippen MR) is 85.3 cm³/mol. The molecule has 0 spiro atoms. The number of hydrogen-bond acceptors (Lipinski definition) is 5. The second kappa shape index (κ2) is 5.81. The number of amides is 1. The lowest BCUT2D eigenvalue weighted by Gasteiger charge is -2.16. The Morgan fingerprint density at radius 3 is 2.90 bits per heavy atom. The predicted octanol–water partition coefficient (Wildman–Crippen LogP) is 1.80. The van der Waals surface area contributed by atoms with Gasteiger partial charge in [0, 0.05) is 19.8 Å². The van der Waals surface area contributed by atoms with Gasteiger partial charge in [0.2, 0.25) is 0 Å². The average Bonchev–Trinajstić information content (AvgIpc) is 3.07. The largest absolute Gasteiger partial charge is 0.368 e. The minimum absolute atomic E-state index is 0.0153. The molecular formula is C15H18N4OS. The first-order chi connectivity index (χ1) is 10.1. The lowest BCUT2D eigenvalue weighted by molar-refractivity contribution is -0.122. The fourth-order valence-corrected chi connectivity index (χ4v) is 3.23. The molecule has 110 valence electrons. The van der Waals surface area contributed by atoms with Gasteiger partial charge >= 0.3 is 0 Å². The number of carbonyl (C=O) groups excluding carboxylic acids is 1. The van der Waals surface area contributed by atoms with Gasteiger partial charge in [-0.1, -0.05) is 30.3 Å². The molecule has 1 amide bonds. The van der Waals surface area contributed by atoms with Gasteiger partial charge in [-0.25, -0.2) is 5.01 Å². The molecular weight excluding hydrogens is 284 g/mol. The first-order valence-corrected chi connectivity index (χ1v) is 7.78. The Balaban J connectivity index is 1.58. The fraction of sp³-hybridized carbons (Fsp3) is 0.333. The maximum Gasteiger partial charge on any atom is 0.281 e. The Kier molecular flexibility index (Phi) is 3.88. The summed E-state index contributed by atoms with van der Waals surface area (Å²) in [5.41, 5.74) is 1.24. The van der Waals surface area contributed by atoms with E-state index in [4.69, 9.17) is 0 Å². The van der Waals surface area contributed by atoms with Crippen molar-refractivity contribution in [3.05, 3.63) is 47.1 Å². The highest BCUT2D eigenvalue weighted by molar-refractivity contribution is 8.19. The minimum Gasteiger partial charge on any atom is -0.368 e. The van der Waals surface area contributed by atoms with Crippen molar-refractivity contribution in [3.63, 3.8) is 0 Å². The van der Waals surface area contributed by atoms with Gasteiger partial charge in [0.15, 0.2) is 5.04 Å². The summed E-state index contributed by atoms with van der Waals surface area (Å²) in [6.45, 7) is 2.70. The van der Waals surface area contributed by atoms with Crippen LogP contribution in [-0.4, -0.2) is 40.6 Å². The summed E-state index contributed by atoms with van der Waals surface area (Å²) in [4.78, 5) is 14.1. The molecule has 0 saturated heterocycles. The summed E-state index contributed by atoms with van der Waals surface area (Å²) in [6, 6.07) is 10.2. The molecule has 2 aliphatic rings. The highest BCUT2D eigenvalue weighted by atomic mass is 32.2. The van der Waals surface area contributed by atoms with Gasteiger partial charge in [-0.3, -0.25) is 4.79 Å². The molecule has 0 aliphatic carbocycles. The number of carbonyl (C=O) groups is 1. The summed E-state index contributed by atoms with van der Waals surface area (Å²) < 4.78 is 0. The Morgan fingerprint density at radius 2 is 2.19 bits per heavy atom. The number of nitrogens with zero attached hydrogens (tertiary/aromatic N) is 3. The molecule has 0 saturated carbocycles. The molecule has 1 aromatic carbocycles. The summed E-state index contributed by atoms with van der Waals surface area (Å²) in [5, 5.41) is 11.0. The monoisotopic (exact) mass is 302 g/mol. The van der Waals surface area contributed by atoms with Crippen LogP contribution in [0.15, 0.2) is 46.7 Å². The zero-order valence-electron chi connectivity index (χ0n) is 12.1. The first-order valence-electron chi connectivity index (χ1n) is 6.96. The standard InChI is InChI=1S/C15H18N4OS/c1-11-16-10-13-19(11)17-14(21-13)15(20)18(2)9-8-12-6-4-3-5-7-12/h3-7,10-11,16H,8-9H2,1-2H3. The van der Waals surface area contributed by atoms with Crippen molar-refractivity contribution in [3.8, 4) is 0 Å². The molecule has 1 aromatic rings. The van der Waals surface area contributed by atoms with E-state index in [0.717, 1.165) is 11.4 Å². The van der Waals surface area contributed by atoms with Gasteiger partial charge in [-0.05, 0) is 30.7 Å². The minimum atomic E-state index is -0.0153. The molecule has 0 aromatic heterocycles. The number of likely N-dealkylation sites (N-methyl/N-ethyl adjacent to an activating group) is 1. The van der Waals surface area contributed by atoms with E-state index in [1.807, 2.05) is 43.4 Å². The zero-order valence-corrected chi connectivity index (χ0v) is 12.9. The topological polar surface area (TPSA) is 47.9 Å². The van der Waals surface area contributed by atoms with E-state index in [-0.39, 0.29) is 12.1 Å². The average molecular weight is 302 g/mol. The van der Waals surface area contributed by atoms with Crippen LogP contribution in [-0.2, 0) is 11.2 Å². The second-order valence-electron chi connectivity index (χ2n) is 5.14. The molecule has 3 rings (SSSR count). The molecule has 21 heavy (non-hydrogen) atoms. The maximum absolute atomic E-state index is 12.4. The Hall–Kier alpha value is -1.95. The molecule has 1 atom stereocenters. The van der Waals surface area contributed by atoms with E-state index < -0.39 is 0 Å². The van der Waals surface area contributed by atoms with Gasteiger partial charge in [0.25, 0.3) is 5.91 Å². The third kappa shape index (κ3) is 2.90. The molecule has 0 fully saturated rings. The van der Waals surface area contributed by atoms with Crippen molar-refractivity contribution in [2.75, 3.05) is 13.6 Å². The van der Waals surface area contributed by atoms with Crippen molar-refractivity contribution in [2.24, 2.45) is 5.10 Å². The molecule has 2 aliphatic heterocycles. The van der Waals surface area contributed by atoms with E-state index >= 15 is 0 Å². The van der Waals surface area contributed by atoms with Crippen LogP contribution in [0.1, 0.15) is 12.5 Å². The number of nitrogens with one attached hydrogen (secondary N) is 1. The second-order valence-corrected chi connectivity index (χ2v) is 6.15. The zero-order chi connectivity index (χ0) is 14.8. The summed E-state index contributed by atoms with van der Waals surface area (Å²) in [6.07, 6.45) is 2.88. The van der Waals surface area contributed by atoms with Gasteiger partial charge in [-0.15, -0.1) is 0 Å². The Bertz CT molecular complexity index is 599. The van der Waals surface area contributed by atoms with Crippen molar-refractivity contribution >= 4 is 22.7 Å². The van der Waals surface area contributed by atoms with Gasteiger partial charge in [0.05, 0.1) is 0 Å². The molecule has 0 radical (unpaired) electrons. The van der Waals surface area contributed by atoms with Crippen LogP contribution in [0.3, 0.4) is 0 Å². The molecule has 2 heterocycles. The van der Waals surface area contributed by atoms with Crippen molar-refractivity contribution < 1.29 is 4.79 Å². The van der Waals surface area contributed by atoms with Crippen LogP contribution in [0.25, 0.3) is 0 Å². The van der Waals surface area contributed by atoms with Crippen molar-refractivity contribution in [1.82, 2.24) is 15.2 Å². The van der Waals surface area contributed by atoms with E-state index in [9.17, 15) is 4.79 Å². The highest BCUT2D eigenvalue weighted by Gasteiger charge is 2.33. The molecule has 0 bridgehead atoms. The van der Waals surface area contributed by atoms with Crippen LogP contribution in [0.4, 0.5) is 0 Å². The summed E-state index contributed by atoms with van der Waals surface area (Å²) in [7, 11) is 1.83. The van der Waals surface area contributed by atoms with Crippen molar-refractivity contribution in [2.45, 2.75) is 19.5 Å². The number of benzene rings is 1. The fourth-order valence-electron chi connectivity index (χ4n) is 2.24. The number of thioether (sulfide) groups is 1. The van der Waals surface area contributed by atoms with Gasteiger partial charge < -0.3 is 10.2 Å². The van der Waals surface area contributed by atoms with Crippen LogP contribution < -0.4 is 5.32 Å². The van der Waals surface area contributed by atoms with E-state index in [2.05, 4.69) is 22.6 Å². The molecule has 1 N–H and O–H groups in total. The van der Waals surface area contributed by atoms with Crippen LogP contribution in [0.5, 0.6) is 0 Å². The van der Waals surface area contributed by atoms with Crippen molar-refractivity contribution in [1.29, 1.82) is 0 Å². The number of rotatable bonds is 4. The third-order valence-corrected chi connectivity index (χ3v) is 4.51. The SMILES string of the molecule is CC1NC=C2SC(C(=O)N(C)CCc3ccccc3)=NN21. The van der Waals surface area contributed by atoms with Crippen LogP contribution in [0.2, 0.25) is 0 Å². The normalized spacial score (nSPS) is 19.7. The third-order valence-electron chi connectivity index (χ3n) is 3.55. The molecule has 6 heteroatoms. The molecule has 1 unspecified atom stereocenters. The first kappa shape index (κ1) is 14.0. The van der Waals surface area contributed by atoms with E-state index in [0.29, 0.717) is 11.6 Å². The lowest BCUT2D eigenvalue weighted by Crippen LogP contribution is -2.34. The van der Waals surface area contributed by atoms with E-state index in [1.165, 1.54) is 17.3 Å². The Labute approximate surface area is 128 Å². The lowest BCUT2D eigenvalue weighted by atomic mass is 10.1. The number of hydrazone groups is 1. The smallest absolute Gasteiger partial charge is 0.281 e. The quantitative estimate of drug-likeness (QED) is 0.921. The van der Waals surface area contributed by atoms with Gasteiger partial charge in [0.1, 0.15) is 11.2 Å². The number of hydrogen-bond donors (Lipinski definition) is 1. The van der Waals surface area contributed by atoms with Crippen LogP contribution in [0, 0.1) is 0 Å². The maximum atomic E-state index is 12.4. The molecule has 5 nitrogen and oxygen atoms in total. The van der Waals surface area contributed by atoms with Gasteiger partial charge in [-0.2, -0.15) is 5.10 Å². The summed E-state index contributed by atoms with van der Waals surface area (Å²) in [5.74, 6) is -0.0153. The number of fused-ring (bicyclic) bond motifs is 1. The highest BCUT2D eigenvalue weighted by Crippen LogP contribution is 2.34. The Morgan fingerprint density at radius 1 is 1.43 bits per heavy atom. The van der Waals surface area contributed by atoms with Crippen LogP contribution >= 0.6 is 11.8 Å². The van der Waals surface area contributed by atoms with E-state index in [1.54, 1.807) is 4.90 Å².